The minimum absolute atomic E-state index is 0.191. The molecule has 0 saturated carbocycles. The Kier molecular flexibility index (Phi) is 5.27. The number of benzene rings is 1. The fourth-order valence-corrected chi connectivity index (χ4v) is 2.53. The lowest BCUT2D eigenvalue weighted by molar-refractivity contribution is -0.133. The summed E-state index contributed by atoms with van der Waals surface area (Å²) in [5.74, 6) is 1.07. The molecule has 19 heavy (non-hydrogen) atoms. The van der Waals surface area contributed by atoms with E-state index in [0.717, 1.165) is 36.6 Å². The molecule has 1 heterocycles. The first-order chi connectivity index (χ1) is 9.25. The maximum absolute atomic E-state index is 10.4. The van der Waals surface area contributed by atoms with E-state index in [1.54, 1.807) is 0 Å². The third kappa shape index (κ3) is 4.59. The predicted molar refractivity (Wildman–Crippen MR) is 77.1 cm³/mol. The summed E-state index contributed by atoms with van der Waals surface area (Å²) in [6, 6.07) is 8.23. The number of aliphatic imine (C=N–C) groups is 1. The van der Waals surface area contributed by atoms with Gasteiger partial charge in [0.15, 0.2) is 0 Å². The van der Waals surface area contributed by atoms with Crippen LogP contribution in [-0.2, 0) is 16.0 Å². The van der Waals surface area contributed by atoms with Crippen molar-refractivity contribution >= 4 is 23.6 Å². The second-order valence-electron chi connectivity index (χ2n) is 4.28. The lowest BCUT2D eigenvalue weighted by Gasteiger charge is -2.04. The number of rotatable bonds is 7. The molecular weight excluding hydrogens is 262 g/mol. The molecule has 0 unspecified atom stereocenters. The first kappa shape index (κ1) is 13.9. The van der Waals surface area contributed by atoms with E-state index in [2.05, 4.69) is 17.1 Å². The maximum Gasteiger partial charge on any atom is 0.313 e. The van der Waals surface area contributed by atoms with Crippen LogP contribution in [0.1, 0.15) is 17.5 Å². The van der Waals surface area contributed by atoms with Crippen LogP contribution in [0.15, 0.2) is 29.3 Å². The molecule has 2 rings (SSSR count). The van der Waals surface area contributed by atoms with Crippen LogP contribution in [0, 0.1) is 0 Å². The van der Waals surface area contributed by atoms with Crippen LogP contribution < -0.4 is 0 Å². The van der Waals surface area contributed by atoms with E-state index in [0.29, 0.717) is 6.61 Å². The van der Waals surface area contributed by atoms with Gasteiger partial charge in [-0.25, -0.2) is 4.99 Å². The number of hydrogen-bond acceptors (Lipinski definition) is 4. The van der Waals surface area contributed by atoms with Gasteiger partial charge in [0.05, 0.1) is 12.3 Å². The number of carboxylic acids is 1. The Balaban J connectivity index is 1.74. The highest BCUT2D eigenvalue weighted by Gasteiger charge is 2.09. The van der Waals surface area contributed by atoms with E-state index in [9.17, 15) is 4.79 Å². The van der Waals surface area contributed by atoms with Crippen LogP contribution >= 0.6 is 11.8 Å². The highest BCUT2D eigenvalue weighted by Crippen LogP contribution is 2.12. The summed E-state index contributed by atoms with van der Waals surface area (Å²) in [5.41, 5.74) is 2.29. The smallest absolute Gasteiger partial charge is 0.313 e. The number of ether oxygens (including phenoxy) is 1. The third-order valence-corrected chi connectivity index (χ3v) is 3.79. The lowest BCUT2D eigenvalue weighted by atomic mass is 10.1. The molecule has 0 bridgehead atoms. The average molecular weight is 279 g/mol. The van der Waals surface area contributed by atoms with Crippen molar-refractivity contribution in [1.82, 2.24) is 0 Å². The Morgan fingerprint density at radius 3 is 2.79 bits per heavy atom. The largest absolute Gasteiger partial charge is 0.481 e. The van der Waals surface area contributed by atoms with Crippen molar-refractivity contribution in [3.05, 3.63) is 35.4 Å². The average Bonchev–Trinajstić information content (AvgIpc) is 2.93. The summed E-state index contributed by atoms with van der Waals surface area (Å²) in [4.78, 5) is 14.6. The normalized spacial score (nSPS) is 14.0. The minimum Gasteiger partial charge on any atom is -0.481 e. The van der Waals surface area contributed by atoms with Crippen LogP contribution in [0.25, 0.3) is 0 Å². The molecule has 0 amide bonds. The van der Waals surface area contributed by atoms with E-state index in [-0.39, 0.29) is 5.75 Å². The zero-order chi connectivity index (χ0) is 13.5. The Labute approximate surface area is 116 Å². The van der Waals surface area contributed by atoms with Crippen molar-refractivity contribution in [3.63, 3.8) is 0 Å². The van der Waals surface area contributed by atoms with Crippen molar-refractivity contribution in [1.29, 1.82) is 0 Å². The fourth-order valence-electron chi connectivity index (χ4n) is 1.86. The van der Waals surface area contributed by atoms with Gasteiger partial charge in [-0.1, -0.05) is 12.1 Å². The molecule has 0 aliphatic carbocycles. The molecule has 0 spiro atoms. The van der Waals surface area contributed by atoms with Gasteiger partial charge in [0.2, 0.25) is 5.90 Å². The molecule has 1 aliphatic heterocycles. The minimum atomic E-state index is -0.744. The molecule has 0 atom stereocenters. The second kappa shape index (κ2) is 7.19. The molecular formula is C14H17NO3S. The SMILES string of the molecule is O=C(O)CSCCCc1ccc(C2=NCCO2)cc1. The van der Waals surface area contributed by atoms with Gasteiger partial charge in [0, 0.05) is 5.56 Å². The summed E-state index contributed by atoms with van der Waals surface area (Å²) in [7, 11) is 0. The molecule has 1 aromatic carbocycles. The first-order valence-electron chi connectivity index (χ1n) is 6.32. The van der Waals surface area contributed by atoms with Gasteiger partial charge in [-0.05, 0) is 36.3 Å². The van der Waals surface area contributed by atoms with E-state index in [1.165, 1.54) is 17.3 Å². The zero-order valence-electron chi connectivity index (χ0n) is 10.7. The monoisotopic (exact) mass is 279 g/mol. The Hall–Kier alpha value is -1.49. The summed E-state index contributed by atoms with van der Waals surface area (Å²) in [6.45, 7) is 1.43. The van der Waals surface area contributed by atoms with E-state index < -0.39 is 5.97 Å². The Morgan fingerprint density at radius 1 is 1.37 bits per heavy atom. The molecule has 0 radical (unpaired) electrons. The quantitative estimate of drug-likeness (QED) is 0.777. The highest BCUT2D eigenvalue weighted by atomic mass is 32.2. The van der Waals surface area contributed by atoms with Crippen molar-refractivity contribution in [3.8, 4) is 0 Å². The number of carbonyl (C=O) groups is 1. The summed E-state index contributed by atoms with van der Waals surface area (Å²) in [6.07, 6.45) is 1.97. The molecule has 5 heteroatoms. The maximum atomic E-state index is 10.4. The molecule has 4 nitrogen and oxygen atoms in total. The molecule has 0 aromatic heterocycles. The molecule has 0 fully saturated rings. The van der Waals surface area contributed by atoms with Crippen molar-refractivity contribution in [2.24, 2.45) is 4.99 Å². The number of aryl methyl sites for hydroxylation is 1. The third-order valence-electron chi connectivity index (χ3n) is 2.77. The van der Waals surface area contributed by atoms with Crippen LogP contribution in [0.3, 0.4) is 0 Å². The molecule has 102 valence electrons. The first-order valence-corrected chi connectivity index (χ1v) is 7.47. The molecule has 1 aliphatic rings. The summed E-state index contributed by atoms with van der Waals surface area (Å²) >= 11 is 1.47. The van der Waals surface area contributed by atoms with Crippen molar-refractivity contribution < 1.29 is 14.6 Å². The van der Waals surface area contributed by atoms with E-state index in [1.807, 2.05) is 12.1 Å². The molecule has 0 saturated heterocycles. The number of hydrogen-bond donors (Lipinski definition) is 1. The number of aliphatic carboxylic acids is 1. The molecule has 1 N–H and O–H groups in total. The van der Waals surface area contributed by atoms with Crippen LogP contribution in [0.4, 0.5) is 0 Å². The van der Waals surface area contributed by atoms with Gasteiger partial charge < -0.3 is 9.84 Å². The van der Waals surface area contributed by atoms with Gasteiger partial charge in [0.1, 0.15) is 6.61 Å². The predicted octanol–water partition coefficient (Wildman–Crippen LogP) is 2.21. The lowest BCUT2D eigenvalue weighted by Crippen LogP contribution is -2.01. The number of nitrogens with zero attached hydrogens (tertiary/aromatic N) is 1. The Bertz CT molecular complexity index is 456. The number of carboxylic acid groups (broad SMARTS) is 1. The highest BCUT2D eigenvalue weighted by molar-refractivity contribution is 7.99. The number of thioether (sulfide) groups is 1. The van der Waals surface area contributed by atoms with E-state index in [4.69, 9.17) is 9.84 Å². The van der Waals surface area contributed by atoms with Gasteiger partial charge in [-0.15, -0.1) is 0 Å². The van der Waals surface area contributed by atoms with Gasteiger partial charge >= 0.3 is 5.97 Å². The van der Waals surface area contributed by atoms with Crippen LogP contribution in [0.5, 0.6) is 0 Å². The van der Waals surface area contributed by atoms with Crippen molar-refractivity contribution in [2.45, 2.75) is 12.8 Å². The van der Waals surface area contributed by atoms with Crippen molar-refractivity contribution in [2.75, 3.05) is 24.7 Å². The second-order valence-corrected chi connectivity index (χ2v) is 5.39. The topological polar surface area (TPSA) is 58.9 Å². The fraction of sp³-hybridized carbons (Fsp3) is 0.429. The summed E-state index contributed by atoms with van der Waals surface area (Å²) in [5, 5.41) is 8.52. The van der Waals surface area contributed by atoms with Gasteiger partial charge in [0.25, 0.3) is 0 Å². The standard InChI is InChI=1S/C14H17NO3S/c16-13(17)10-19-9-1-2-11-3-5-12(6-4-11)14-15-7-8-18-14/h3-6H,1-2,7-10H2,(H,16,17). The summed E-state index contributed by atoms with van der Waals surface area (Å²) < 4.78 is 5.41. The van der Waals surface area contributed by atoms with Crippen LogP contribution in [0.2, 0.25) is 0 Å². The Morgan fingerprint density at radius 2 is 2.16 bits per heavy atom. The van der Waals surface area contributed by atoms with Gasteiger partial charge in [-0.2, -0.15) is 11.8 Å². The van der Waals surface area contributed by atoms with Crippen LogP contribution in [-0.4, -0.2) is 41.6 Å². The van der Waals surface area contributed by atoms with Gasteiger partial charge in [-0.3, -0.25) is 4.79 Å². The molecule has 1 aromatic rings. The van der Waals surface area contributed by atoms with E-state index >= 15 is 0 Å². The zero-order valence-corrected chi connectivity index (χ0v) is 11.5.